The minimum absolute atomic E-state index is 0.378. The number of rotatable bonds is 3. The lowest BCUT2D eigenvalue weighted by molar-refractivity contribution is 0.586. The lowest BCUT2D eigenvalue weighted by Gasteiger charge is -2.22. The van der Waals surface area contributed by atoms with E-state index >= 15 is 0 Å². The molecule has 0 bridgehead atoms. The van der Waals surface area contributed by atoms with Gasteiger partial charge in [0.25, 0.3) is 0 Å². The quantitative estimate of drug-likeness (QED) is 0.176. The number of hydrogen-bond donors (Lipinski definition) is 0. The predicted molar refractivity (Wildman–Crippen MR) is 210 cm³/mol. The van der Waals surface area contributed by atoms with E-state index in [1.54, 1.807) is 0 Å². The average Bonchev–Trinajstić information content (AvgIpc) is 3.71. The fourth-order valence-electron chi connectivity index (χ4n) is 8.78. The zero-order valence-corrected chi connectivity index (χ0v) is 27.3. The smallest absolute Gasteiger partial charge is 0.135 e. The Labute approximate surface area is 289 Å². The third kappa shape index (κ3) is 3.90. The minimum Gasteiger partial charge on any atom is -0.456 e. The summed E-state index contributed by atoms with van der Waals surface area (Å²) < 4.78 is 8.96. The molecule has 2 heteroatoms. The maximum Gasteiger partial charge on any atom is 0.135 e. The Kier molecular flexibility index (Phi) is 5.82. The van der Waals surface area contributed by atoms with Gasteiger partial charge in [0.2, 0.25) is 0 Å². The van der Waals surface area contributed by atoms with E-state index in [1.165, 1.54) is 82.1 Å². The van der Waals surface area contributed by atoms with E-state index in [2.05, 4.69) is 174 Å². The molecule has 2 aromatic heterocycles. The molecule has 234 valence electrons. The van der Waals surface area contributed by atoms with Crippen molar-refractivity contribution in [3.05, 3.63) is 181 Å². The minimum atomic E-state index is 0.378. The first kappa shape index (κ1) is 27.6. The normalized spacial score (nSPS) is 15.3. The van der Waals surface area contributed by atoms with Gasteiger partial charge in [-0.3, -0.25) is 0 Å². The topological polar surface area (TPSA) is 18.1 Å². The summed E-state index contributed by atoms with van der Waals surface area (Å²) in [7, 11) is 0. The molecule has 2 aliphatic carbocycles. The number of furan rings is 1. The van der Waals surface area contributed by atoms with Crippen LogP contribution in [-0.2, 0) is 6.42 Å². The van der Waals surface area contributed by atoms with E-state index < -0.39 is 0 Å². The summed E-state index contributed by atoms with van der Waals surface area (Å²) in [6.07, 6.45) is 12.0. The van der Waals surface area contributed by atoms with Crippen molar-refractivity contribution in [3.8, 4) is 27.9 Å². The Morgan fingerprint density at radius 1 is 0.540 bits per heavy atom. The van der Waals surface area contributed by atoms with Gasteiger partial charge in [-0.1, -0.05) is 133 Å². The van der Waals surface area contributed by atoms with Gasteiger partial charge in [0.05, 0.1) is 11.0 Å². The van der Waals surface area contributed by atoms with Crippen LogP contribution in [0.2, 0.25) is 0 Å². The SMILES string of the molecule is C1=CC2=Cc3oc4cccc(-c5c6ccccc6c(-c6ccc(-n7c8ccccc8c8ccccc87)cc6)c6ccccc56)c4c3CC2C=C1. The van der Waals surface area contributed by atoms with E-state index in [0.29, 0.717) is 5.92 Å². The van der Waals surface area contributed by atoms with Crippen LogP contribution in [0.3, 0.4) is 0 Å². The molecule has 0 radical (unpaired) electrons. The van der Waals surface area contributed by atoms with Crippen LogP contribution >= 0.6 is 0 Å². The number of allylic oxidation sites excluding steroid dienone is 5. The summed E-state index contributed by atoms with van der Waals surface area (Å²) >= 11 is 0. The molecule has 0 fully saturated rings. The summed E-state index contributed by atoms with van der Waals surface area (Å²) in [4.78, 5) is 0. The Hall–Kier alpha value is -6.38. The highest BCUT2D eigenvalue weighted by Gasteiger charge is 2.27. The molecule has 0 N–H and O–H groups in total. The zero-order chi connectivity index (χ0) is 32.8. The maximum atomic E-state index is 6.58. The van der Waals surface area contributed by atoms with E-state index in [9.17, 15) is 0 Å². The van der Waals surface area contributed by atoms with Gasteiger partial charge in [-0.25, -0.2) is 0 Å². The molecule has 0 amide bonds. The van der Waals surface area contributed by atoms with Gasteiger partial charge in [-0.15, -0.1) is 0 Å². The number of benzene rings is 7. The van der Waals surface area contributed by atoms with Crippen LogP contribution in [-0.4, -0.2) is 4.57 Å². The van der Waals surface area contributed by atoms with Gasteiger partial charge in [0, 0.05) is 33.3 Å². The van der Waals surface area contributed by atoms with Gasteiger partial charge in [0.15, 0.2) is 0 Å². The number of hydrogen-bond acceptors (Lipinski definition) is 1. The second-order valence-corrected chi connectivity index (χ2v) is 13.6. The Balaban J connectivity index is 1.14. The molecule has 0 saturated carbocycles. The first-order valence-corrected chi connectivity index (χ1v) is 17.5. The van der Waals surface area contributed by atoms with Crippen LogP contribution in [0, 0.1) is 5.92 Å². The van der Waals surface area contributed by atoms with Gasteiger partial charge >= 0.3 is 0 Å². The van der Waals surface area contributed by atoms with Crippen LogP contribution < -0.4 is 0 Å². The molecular weight excluding hydrogens is 607 g/mol. The number of aromatic nitrogens is 1. The van der Waals surface area contributed by atoms with Gasteiger partial charge < -0.3 is 8.98 Å². The van der Waals surface area contributed by atoms with Crippen LogP contribution in [0.25, 0.3) is 88.3 Å². The van der Waals surface area contributed by atoms with Gasteiger partial charge in [-0.2, -0.15) is 0 Å². The summed E-state index contributed by atoms with van der Waals surface area (Å²) in [5.41, 5.74) is 12.2. The summed E-state index contributed by atoms with van der Waals surface area (Å²) in [6, 6.07) is 51.0. The molecule has 0 aliphatic heterocycles. The monoisotopic (exact) mass is 637 g/mol. The van der Waals surface area contributed by atoms with Crippen molar-refractivity contribution in [2.24, 2.45) is 5.92 Å². The Morgan fingerprint density at radius 2 is 1.14 bits per heavy atom. The van der Waals surface area contributed by atoms with Crippen LogP contribution in [0.1, 0.15) is 11.3 Å². The molecule has 9 aromatic rings. The standard InChI is InChI=1S/C48H31NO/c1-2-13-32-29-45-41(28-31(32)12-1)48-40(20-11-23-44(48)50-45)47-38-18-5-3-16-36(38)46(37-17-4-6-19-39(37)47)30-24-26-33(27-25-30)49-42-21-9-7-14-34(42)35-15-8-10-22-43(35)49/h1-27,29,31H,28H2. The largest absolute Gasteiger partial charge is 0.456 e. The molecule has 2 aliphatic rings. The first-order chi connectivity index (χ1) is 24.8. The third-order valence-electron chi connectivity index (χ3n) is 10.9. The van der Waals surface area contributed by atoms with Crippen molar-refractivity contribution in [3.63, 3.8) is 0 Å². The van der Waals surface area contributed by atoms with E-state index in [-0.39, 0.29) is 0 Å². The van der Waals surface area contributed by atoms with E-state index in [0.717, 1.165) is 23.5 Å². The Morgan fingerprint density at radius 3 is 1.80 bits per heavy atom. The second kappa shape index (κ2) is 10.6. The predicted octanol–water partition coefficient (Wildman–Crippen LogP) is 12.9. The fourth-order valence-corrected chi connectivity index (χ4v) is 8.78. The molecule has 0 spiro atoms. The summed E-state index contributed by atoms with van der Waals surface area (Å²) in [6.45, 7) is 0. The van der Waals surface area contributed by atoms with Crippen molar-refractivity contribution in [2.75, 3.05) is 0 Å². The highest BCUT2D eigenvalue weighted by molar-refractivity contribution is 6.23. The molecule has 2 heterocycles. The lowest BCUT2D eigenvalue weighted by atomic mass is 9.81. The zero-order valence-electron chi connectivity index (χ0n) is 27.3. The Bertz CT molecular complexity index is 2830. The third-order valence-corrected chi connectivity index (χ3v) is 10.9. The van der Waals surface area contributed by atoms with Crippen molar-refractivity contribution >= 4 is 60.4 Å². The molecule has 1 unspecified atom stereocenters. The molecular formula is C48H31NO. The van der Waals surface area contributed by atoms with Crippen molar-refractivity contribution in [2.45, 2.75) is 6.42 Å². The number of para-hydroxylation sites is 2. The molecule has 50 heavy (non-hydrogen) atoms. The van der Waals surface area contributed by atoms with E-state index in [4.69, 9.17) is 4.42 Å². The van der Waals surface area contributed by atoms with Crippen LogP contribution in [0.15, 0.2) is 174 Å². The lowest BCUT2D eigenvalue weighted by Crippen LogP contribution is -2.10. The van der Waals surface area contributed by atoms with Gasteiger partial charge in [0.1, 0.15) is 11.3 Å². The molecule has 0 saturated heterocycles. The van der Waals surface area contributed by atoms with Crippen molar-refractivity contribution in [1.29, 1.82) is 0 Å². The molecule has 2 nitrogen and oxygen atoms in total. The highest BCUT2D eigenvalue weighted by Crippen LogP contribution is 2.48. The van der Waals surface area contributed by atoms with Crippen molar-refractivity contribution in [1.82, 2.24) is 4.57 Å². The van der Waals surface area contributed by atoms with E-state index in [1.807, 2.05) is 0 Å². The number of fused-ring (bicyclic) bond motifs is 9. The molecule has 7 aromatic carbocycles. The highest BCUT2D eigenvalue weighted by atomic mass is 16.3. The molecule has 11 rings (SSSR count). The second-order valence-electron chi connectivity index (χ2n) is 13.6. The van der Waals surface area contributed by atoms with Crippen molar-refractivity contribution < 1.29 is 4.42 Å². The first-order valence-electron chi connectivity index (χ1n) is 17.5. The average molecular weight is 638 g/mol. The van der Waals surface area contributed by atoms with Gasteiger partial charge in [-0.05, 0) is 92.2 Å². The maximum absolute atomic E-state index is 6.58. The van der Waals surface area contributed by atoms with Crippen LogP contribution in [0.4, 0.5) is 0 Å². The molecule has 1 atom stereocenters. The summed E-state index contributed by atoms with van der Waals surface area (Å²) in [5.74, 6) is 1.37. The number of nitrogens with zero attached hydrogens (tertiary/aromatic N) is 1. The summed E-state index contributed by atoms with van der Waals surface area (Å²) in [5, 5.41) is 8.80. The fraction of sp³-hybridized carbons (Fsp3) is 0.0417. The van der Waals surface area contributed by atoms with Crippen LogP contribution in [0.5, 0.6) is 0 Å².